The number of allylic oxidation sites excluding steroid dienone is 1. The van der Waals surface area contributed by atoms with E-state index in [0.29, 0.717) is 134 Å². The monoisotopic (exact) mass is 1190 g/mol. The molecule has 5 atom stereocenters. The number of amides is 2. The summed E-state index contributed by atoms with van der Waals surface area (Å²) < 4.78 is 74.2. The summed E-state index contributed by atoms with van der Waals surface area (Å²) in [7, 11) is 0. The Morgan fingerprint density at radius 1 is 0.690 bits per heavy atom. The first kappa shape index (κ1) is 58.9. The second-order valence-electron chi connectivity index (χ2n) is 23.1. The number of piperazine rings is 2. The molecule has 12 rings (SSSR count). The highest BCUT2D eigenvalue weighted by molar-refractivity contribution is 5.96. The van der Waals surface area contributed by atoms with Crippen LogP contribution in [0.3, 0.4) is 0 Å². The van der Waals surface area contributed by atoms with Gasteiger partial charge in [-0.25, -0.2) is 13.2 Å². The average Bonchev–Trinajstić information content (AvgIpc) is 1.79. The van der Waals surface area contributed by atoms with Gasteiger partial charge in [0.2, 0.25) is 5.91 Å². The number of halogens is 3. The van der Waals surface area contributed by atoms with Gasteiger partial charge in [0.1, 0.15) is 36.0 Å². The third kappa shape index (κ3) is 13.4. The molecule has 6 aliphatic rings. The predicted octanol–water partition coefficient (Wildman–Crippen LogP) is 8.54. The molecule has 4 fully saturated rings. The summed E-state index contributed by atoms with van der Waals surface area (Å²) in [6.07, 6.45) is 6.23. The van der Waals surface area contributed by atoms with Crippen molar-refractivity contribution in [3.63, 3.8) is 0 Å². The molecule has 2 aromatic heterocycles. The van der Waals surface area contributed by atoms with Crippen molar-refractivity contribution in [2.45, 2.75) is 114 Å². The van der Waals surface area contributed by atoms with Crippen LogP contribution in [0.5, 0.6) is 17.8 Å². The summed E-state index contributed by atoms with van der Waals surface area (Å²) in [6, 6.07) is 27.1. The number of ether oxygens (including phenoxy) is 5. The van der Waals surface area contributed by atoms with Gasteiger partial charge in [-0.15, -0.1) is 0 Å². The molecule has 0 spiro atoms. The first-order valence-corrected chi connectivity index (χ1v) is 30.4. The number of benzene rings is 4. The largest absolute Gasteiger partial charge is 0.488 e. The van der Waals surface area contributed by atoms with E-state index in [1.54, 1.807) is 11.0 Å². The van der Waals surface area contributed by atoms with Gasteiger partial charge < -0.3 is 53.1 Å². The molecule has 19 nitrogen and oxygen atoms in total. The van der Waals surface area contributed by atoms with Gasteiger partial charge >= 0.3 is 12.0 Å². The zero-order chi connectivity index (χ0) is 60.0. The zero-order valence-electron chi connectivity index (χ0n) is 48.9. The van der Waals surface area contributed by atoms with E-state index in [1.807, 2.05) is 36.4 Å². The Labute approximate surface area is 503 Å². The Morgan fingerprint density at radius 2 is 1.30 bits per heavy atom. The van der Waals surface area contributed by atoms with Gasteiger partial charge in [0.05, 0.1) is 100 Å². The van der Waals surface area contributed by atoms with E-state index in [4.69, 9.17) is 43.6 Å². The van der Waals surface area contributed by atoms with Crippen molar-refractivity contribution in [2.75, 3.05) is 105 Å². The number of carbonyl (C=O) groups is 2. The lowest BCUT2D eigenvalue weighted by Gasteiger charge is -2.42. The van der Waals surface area contributed by atoms with Crippen LogP contribution >= 0.6 is 0 Å². The molecule has 3 unspecified atom stereocenters. The Morgan fingerprint density at radius 3 is 1.94 bits per heavy atom. The summed E-state index contributed by atoms with van der Waals surface area (Å²) in [5.41, 5.74) is 5.23. The second-order valence-corrected chi connectivity index (χ2v) is 23.1. The van der Waals surface area contributed by atoms with Crippen molar-refractivity contribution in [2.24, 2.45) is 0 Å². The van der Waals surface area contributed by atoms with E-state index < -0.39 is 30.8 Å². The maximum atomic E-state index is 15.4. The highest BCUT2D eigenvalue weighted by Crippen LogP contribution is 2.41. The normalized spacial score (nSPS) is 20.5. The zero-order valence-corrected chi connectivity index (χ0v) is 48.9. The summed E-state index contributed by atoms with van der Waals surface area (Å²) in [4.78, 5) is 57.6. The fourth-order valence-electron chi connectivity index (χ4n) is 12.5. The minimum absolute atomic E-state index is 0.0629. The SMILES string of the molecule is CC(F)C(=O)N1CCN(c2nc(OCCCOC3CC3)nc3c2CCN(c2cc(OC4CC4OCCCOc4nc5c(c(N6CCN(C(=O)/C=C/CF)[C@@H](CC#N)C6)n4)CCN(c4cccc6cccc(F)c46)C5)cc4ccccc24)C3)C[C@@H]1CC#N. The van der Waals surface area contributed by atoms with Crippen molar-refractivity contribution in [3.8, 4) is 29.9 Å². The molecule has 0 bridgehead atoms. The van der Waals surface area contributed by atoms with E-state index in [1.165, 1.54) is 30.0 Å². The first-order valence-electron chi connectivity index (χ1n) is 30.4. The number of hydrogen-bond acceptors (Lipinski definition) is 17. The van der Waals surface area contributed by atoms with Crippen LogP contribution in [0.15, 0.2) is 84.9 Å². The number of fused-ring (bicyclic) bond motifs is 4. The van der Waals surface area contributed by atoms with Crippen LogP contribution in [-0.2, 0) is 45.0 Å². The fraction of sp³-hybridized carbons (Fsp3) is 0.477. The lowest BCUT2D eigenvalue weighted by molar-refractivity contribution is -0.138. The minimum atomic E-state index is -1.67. The van der Waals surface area contributed by atoms with E-state index in [2.05, 4.69) is 56.0 Å². The molecule has 4 aliphatic heterocycles. The standard InChI is InChI=1S/C65H71F3N12O7/c1-42(67)63(82)80-30-28-78(39-46(80)19-24-70)62-51-21-26-76(41-54(51)72-65(74-62)85-33-7-31-83-47-16-17-47)56-36-48(35-44-9-2-3-12-49(44)56)87-58-37-57(58)84-32-8-34-86-64-71-53-40-75(55-14-5-11-43-10-4-13-52(68)60(43)55)25-20-50(53)61(73-64)77-27-29-79(45(38-77)18-23-69)59(81)15-6-22-66/h2-6,9-15,35-36,42,45-47,57-58H,7-8,16-22,25-34,37-41H2,1H3/b15-6+/t42?,45-,46-,57?,58?/m0/s1. The molecule has 6 aromatic rings. The number of nitrogens with zero attached hydrogens (tertiary/aromatic N) is 12. The molecule has 0 radical (unpaired) electrons. The van der Waals surface area contributed by atoms with Crippen LogP contribution in [0.2, 0.25) is 0 Å². The van der Waals surface area contributed by atoms with Gasteiger partial charge in [-0.1, -0.05) is 48.5 Å². The van der Waals surface area contributed by atoms with Crippen LogP contribution in [0.4, 0.5) is 36.2 Å². The number of anilines is 4. The highest BCUT2D eigenvalue weighted by atomic mass is 19.1. The van der Waals surface area contributed by atoms with Crippen molar-refractivity contribution >= 4 is 56.4 Å². The lowest BCUT2D eigenvalue weighted by Crippen LogP contribution is -2.57. The third-order valence-corrected chi connectivity index (χ3v) is 17.1. The molecule has 454 valence electrons. The Hall–Kier alpha value is -8.47. The van der Waals surface area contributed by atoms with Gasteiger partial charge in [-0.05, 0) is 67.7 Å². The maximum Gasteiger partial charge on any atom is 0.318 e. The molecule has 87 heavy (non-hydrogen) atoms. The van der Waals surface area contributed by atoms with Gasteiger partial charge in [0, 0.05) is 117 Å². The van der Waals surface area contributed by atoms with Crippen LogP contribution in [0.25, 0.3) is 21.5 Å². The topological polar surface area (TPSA) is 199 Å². The molecule has 4 aromatic carbocycles. The summed E-state index contributed by atoms with van der Waals surface area (Å²) in [5, 5.41) is 23.0. The minimum Gasteiger partial charge on any atom is -0.488 e. The Kier molecular flexibility index (Phi) is 18.0. The Bertz CT molecular complexity index is 3610. The summed E-state index contributed by atoms with van der Waals surface area (Å²) in [5.74, 6) is 0.850. The van der Waals surface area contributed by atoms with Crippen molar-refractivity contribution in [1.82, 2.24) is 29.7 Å². The van der Waals surface area contributed by atoms with Crippen molar-refractivity contribution in [1.29, 1.82) is 10.5 Å². The fourth-order valence-corrected chi connectivity index (χ4v) is 12.5. The van der Waals surface area contributed by atoms with Gasteiger partial charge in [-0.2, -0.15) is 30.5 Å². The van der Waals surface area contributed by atoms with Crippen LogP contribution in [0, 0.1) is 28.5 Å². The quantitative estimate of drug-likeness (QED) is 0.0436. The number of aromatic nitrogens is 4. The predicted molar refractivity (Wildman–Crippen MR) is 321 cm³/mol. The Balaban J connectivity index is 0.710. The molecular weight excluding hydrogens is 1120 g/mol. The molecule has 2 saturated carbocycles. The smallest absolute Gasteiger partial charge is 0.318 e. The highest BCUT2D eigenvalue weighted by Gasteiger charge is 2.42. The van der Waals surface area contributed by atoms with Crippen molar-refractivity contribution in [3.05, 3.63) is 113 Å². The average molecular weight is 1190 g/mol. The van der Waals surface area contributed by atoms with Gasteiger partial charge in [0.15, 0.2) is 6.17 Å². The number of nitriles is 2. The molecule has 6 heterocycles. The molecule has 2 aliphatic carbocycles. The number of alkyl halides is 2. The molecule has 2 amide bonds. The third-order valence-electron chi connectivity index (χ3n) is 17.1. The molecule has 0 N–H and O–H groups in total. The first-order chi connectivity index (χ1) is 42.5. The number of rotatable bonds is 23. The van der Waals surface area contributed by atoms with E-state index >= 15 is 4.39 Å². The van der Waals surface area contributed by atoms with E-state index in [0.717, 1.165) is 68.6 Å². The van der Waals surface area contributed by atoms with E-state index in [-0.39, 0.29) is 61.9 Å². The van der Waals surface area contributed by atoms with Crippen molar-refractivity contribution < 1.29 is 46.4 Å². The van der Waals surface area contributed by atoms with Crippen LogP contribution in [0.1, 0.15) is 74.4 Å². The van der Waals surface area contributed by atoms with Gasteiger partial charge in [-0.3, -0.25) is 9.59 Å². The summed E-state index contributed by atoms with van der Waals surface area (Å²) >= 11 is 0. The van der Waals surface area contributed by atoms with Crippen LogP contribution < -0.4 is 33.8 Å². The lowest BCUT2D eigenvalue weighted by atomic mass is 10.0. The van der Waals surface area contributed by atoms with Gasteiger partial charge in [0.25, 0.3) is 5.91 Å². The molecular formula is C65H71F3N12O7. The second kappa shape index (κ2) is 26.7. The van der Waals surface area contributed by atoms with E-state index in [9.17, 15) is 28.9 Å². The molecule has 22 heteroatoms. The number of carbonyl (C=O) groups excluding carboxylic acids is 2. The number of hydrogen-bond donors (Lipinski definition) is 0. The van der Waals surface area contributed by atoms with Crippen LogP contribution in [-0.4, -0.2) is 164 Å². The maximum absolute atomic E-state index is 15.4. The molecule has 2 saturated heterocycles. The summed E-state index contributed by atoms with van der Waals surface area (Å²) in [6.45, 7) is 6.23.